The van der Waals surface area contributed by atoms with Crippen molar-refractivity contribution < 1.29 is 9.13 Å². The Kier molecular flexibility index (Phi) is 5.68. The first-order chi connectivity index (χ1) is 9.24. The second-order valence-corrected chi connectivity index (χ2v) is 5.92. The van der Waals surface area contributed by atoms with Crippen LogP contribution in [-0.2, 0) is 0 Å². The van der Waals surface area contributed by atoms with Crippen LogP contribution in [0.3, 0.4) is 0 Å². The van der Waals surface area contributed by atoms with Gasteiger partial charge >= 0.3 is 0 Å². The van der Waals surface area contributed by atoms with Crippen LogP contribution >= 0.6 is 0 Å². The van der Waals surface area contributed by atoms with Crippen LogP contribution in [0.5, 0.6) is 5.75 Å². The highest BCUT2D eigenvalue weighted by Crippen LogP contribution is 2.31. The van der Waals surface area contributed by atoms with Crippen LogP contribution in [0.4, 0.5) is 4.39 Å². The van der Waals surface area contributed by atoms with Gasteiger partial charge in [-0.3, -0.25) is 0 Å². The quantitative estimate of drug-likeness (QED) is 0.701. The zero-order chi connectivity index (χ0) is 13.5. The predicted molar refractivity (Wildman–Crippen MR) is 77.2 cm³/mol. The molecular weight excluding hydrogens is 239 g/mol. The van der Waals surface area contributed by atoms with Gasteiger partial charge in [0.25, 0.3) is 0 Å². The lowest BCUT2D eigenvalue weighted by atomic mass is 9.80. The number of halogens is 1. The van der Waals surface area contributed by atoms with E-state index >= 15 is 0 Å². The second kappa shape index (κ2) is 7.52. The van der Waals surface area contributed by atoms with Gasteiger partial charge in [-0.05, 0) is 36.8 Å². The van der Waals surface area contributed by atoms with E-state index in [1.54, 1.807) is 0 Å². The Hall–Kier alpha value is -1.05. The molecule has 1 fully saturated rings. The van der Waals surface area contributed by atoms with Gasteiger partial charge in [-0.1, -0.05) is 50.8 Å². The zero-order valence-corrected chi connectivity index (χ0v) is 11.9. The minimum atomic E-state index is -0.834. The number of para-hydroxylation sites is 1. The van der Waals surface area contributed by atoms with E-state index in [1.165, 1.54) is 25.7 Å². The lowest BCUT2D eigenvalue weighted by Gasteiger charge is -2.26. The fraction of sp³-hybridized carbons (Fsp3) is 0.647. The zero-order valence-electron chi connectivity index (χ0n) is 11.9. The topological polar surface area (TPSA) is 9.23 Å². The Balaban J connectivity index is 1.61. The number of alkyl halides is 1. The standard InChI is InChI=1S/C17H25FO/c1-14-7-9-15(10-8-14)11-12-16(18)13-19-17-5-3-2-4-6-17/h2-6,14-16H,7-13H2,1H3/t14-,15-,16?. The van der Waals surface area contributed by atoms with Crippen molar-refractivity contribution in [3.8, 4) is 5.75 Å². The molecule has 0 radical (unpaired) electrons. The summed E-state index contributed by atoms with van der Waals surface area (Å²) in [5.74, 6) is 2.38. The van der Waals surface area contributed by atoms with Crippen LogP contribution < -0.4 is 4.74 Å². The highest BCUT2D eigenvalue weighted by atomic mass is 19.1. The predicted octanol–water partition coefficient (Wildman–Crippen LogP) is 5.01. The maximum absolute atomic E-state index is 13.8. The summed E-state index contributed by atoms with van der Waals surface area (Å²) in [4.78, 5) is 0. The summed E-state index contributed by atoms with van der Waals surface area (Å²) < 4.78 is 19.2. The van der Waals surface area contributed by atoms with E-state index in [1.807, 2.05) is 30.3 Å². The Bertz CT molecular complexity index is 344. The maximum Gasteiger partial charge on any atom is 0.134 e. The van der Waals surface area contributed by atoms with Gasteiger partial charge in [0.05, 0.1) is 0 Å². The Morgan fingerprint density at radius 1 is 1.16 bits per heavy atom. The first kappa shape index (κ1) is 14.4. The van der Waals surface area contributed by atoms with Crippen molar-refractivity contribution >= 4 is 0 Å². The summed E-state index contributed by atoms with van der Waals surface area (Å²) in [6, 6.07) is 9.49. The van der Waals surface area contributed by atoms with Gasteiger partial charge < -0.3 is 4.74 Å². The van der Waals surface area contributed by atoms with E-state index in [9.17, 15) is 4.39 Å². The molecule has 0 heterocycles. The normalized spacial score (nSPS) is 24.9. The molecule has 0 saturated heterocycles. The summed E-state index contributed by atoms with van der Waals surface area (Å²) in [5.41, 5.74) is 0. The summed E-state index contributed by atoms with van der Waals surface area (Å²) in [6.07, 6.45) is 6.04. The van der Waals surface area contributed by atoms with Gasteiger partial charge in [0.15, 0.2) is 0 Å². The lowest BCUT2D eigenvalue weighted by Crippen LogP contribution is -2.17. The van der Waals surface area contributed by atoms with Crippen molar-refractivity contribution in [2.24, 2.45) is 11.8 Å². The monoisotopic (exact) mass is 264 g/mol. The molecule has 1 aliphatic carbocycles. The number of hydrogen-bond acceptors (Lipinski definition) is 1. The van der Waals surface area contributed by atoms with Gasteiger partial charge in [-0.15, -0.1) is 0 Å². The molecule has 0 aromatic heterocycles. The first-order valence-corrected chi connectivity index (χ1v) is 7.56. The highest BCUT2D eigenvalue weighted by Gasteiger charge is 2.19. The molecule has 2 heteroatoms. The fourth-order valence-corrected chi connectivity index (χ4v) is 2.82. The van der Waals surface area contributed by atoms with Crippen molar-refractivity contribution in [1.82, 2.24) is 0 Å². The molecule has 19 heavy (non-hydrogen) atoms. The SMILES string of the molecule is C[C@H]1CC[C@H](CCC(F)COc2ccccc2)CC1. The van der Waals surface area contributed by atoms with Crippen molar-refractivity contribution in [2.45, 2.75) is 51.6 Å². The van der Waals surface area contributed by atoms with Crippen LogP contribution in [0, 0.1) is 11.8 Å². The summed E-state index contributed by atoms with van der Waals surface area (Å²) in [6.45, 7) is 2.51. The van der Waals surface area contributed by atoms with Crippen molar-refractivity contribution in [1.29, 1.82) is 0 Å². The average molecular weight is 264 g/mol. The third-order valence-electron chi connectivity index (χ3n) is 4.20. The molecule has 1 aliphatic rings. The molecule has 1 aromatic rings. The van der Waals surface area contributed by atoms with E-state index in [0.717, 1.165) is 24.0 Å². The van der Waals surface area contributed by atoms with E-state index in [4.69, 9.17) is 4.74 Å². The number of rotatable bonds is 6. The molecule has 1 unspecified atom stereocenters. The third kappa shape index (κ3) is 5.22. The molecule has 0 aliphatic heterocycles. The van der Waals surface area contributed by atoms with E-state index in [2.05, 4.69) is 6.92 Å². The first-order valence-electron chi connectivity index (χ1n) is 7.56. The summed E-state index contributed by atoms with van der Waals surface area (Å²) in [5, 5.41) is 0. The summed E-state index contributed by atoms with van der Waals surface area (Å²) >= 11 is 0. The minimum Gasteiger partial charge on any atom is -0.491 e. The van der Waals surface area contributed by atoms with Crippen LogP contribution in [-0.4, -0.2) is 12.8 Å². The largest absolute Gasteiger partial charge is 0.491 e. The average Bonchev–Trinajstić information content (AvgIpc) is 2.45. The van der Waals surface area contributed by atoms with Gasteiger partial charge in [0.1, 0.15) is 18.5 Å². The number of hydrogen-bond donors (Lipinski definition) is 0. The van der Waals surface area contributed by atoms with Gasteiger partial charge in [0.2, 0.25) is 0 Å². The Morgan fingerprint density at radius 2 is 1.84 bits per heavy atom. The Labute approximate surface area is 116 Å². The molecule has 0 bridgehead atoms. The van der Waals surface area contributed by atoms with Gasteiger partial charge in [-0.2, -0.15) is 0 Å². The molecule has 1 nitrogen and oxygen atoms in total. The Morgan fingerprint density at radius 3 is 2.53 bits per heavy atom. The van der Waals surface area contributed by atoms with Crippen LogP contribution in [0.25, 0.3) is 0 Å². The smallest absolute Gasteiger partial charge is 0.134 e. The van der Waals surface area contributed by atoms with Crippen molar-refractivity contribution in [2.75, 3.05) is 6.61 Å². The molecule has 1 aromatic carbocycles. The molecule has 2 rings (SSSR count). The van der Waals surface area contributed by atoms with Gasteiger partial charge in [0, 0.05) is 0 Å². The molecule has 0 spiro atoms. The van der Waals surface area contributed by atoms with Crippen molar-refractivity contribution in [3.63, 3.8) is 0 Å². The van der Waals surface area contributed by atoms with E-state index < -0.39 is 6.17 Å². The number of ether oxygens (including phenoxy) is 1. The molecule has 0 N–H and O–H groups in total. The van der Waals surface area contributed by atoms with Crippen LogP contribution in [0.15, 0.2) is 30.3 Å². The molecule has 106 valence electrons. The number of benzene rings is 1. The summed E-state index contributed by atoms with van der Waals surface area (Å²) in [7, 11) is 0. The molecule has 1 atom stereocenters. The second-order valence-electron chi connectivity index (χ2n) is 5.92. The van der Waals surface area contributed by atoms with Gasteiger partial charge in [-0.25, -0.2) is 4.39 Å². The van der Waals surface area contributed by atoms with Crippen LogP contribution in [0.1, 0.15) is 45.4 Å². The maximum atomic E-state index is 13.8. The van der Waals surface area contributed by atoms with Crippen LogP contribution in [0.2, 0.25) is 0 Å². The lowest BCUT2D eigenvalue weighted by molar-refractivity contribution is 0.169. The highest BCUT2D eigenvalue weighted by molar-refractivity contribution is 5.20. The molecule has 1 saturated carbocycles. The molecule has 0 amide bonds. The fourth-order valence-electron chi connectivity index (χ4n) is 2.82. The third-order valence-corrected chi connectivity index (χ3v) is 4.20. The van der Waals surface area contributed by atoms with E-state index in [0.29, 0.717) is 6.42 Å². The molecular formula is C17H25FO. The minimum absolute atomic E-state index is 0.188. The van der Waals surface area contributed by atoms with E-state index in [-0.39, 0.29) is 6.61 Å². The van der Waals surface area contributed by atoms with Crippen molar-refractivity contribution in [3.05, 3.63) is 30.3 Å².